The fourth-order valence-electron chi connectivity index (χ4n) is 2.11. The average molecular weight is 241 g/mol. The maximum absolute atomic E-state index is 11.2. The van der Waals surface area contributed by atoms with Crippen LogP contribution in [-0.2, 0) is 4.79 Å². The number of hydrogen-bond donors (Lipinski definition) is 0. The van der Waals surface area contributed by atoms with Gasteiger partial charge in [0.25, 0.3) is 0 Å². The number of carbonyl (C=O) groups excluding carboxylic acids is 1. The summed E-state index contributed by atoms with van der Waals surface area (Å²) in [7, 11) is 0. The van der Waals surface area contributed by atoms with E-state index in [9.17, 15) is 4.79 Å². The summed E-state index contributed by atoms with van der Waals surface area (Å²) in [6.45, 7) is 4.15. The lowest BCUT2D eigenvalue weighted by Crippen LogP contribution is -1.97. The van der Waals surface area contributed by atoms with Crippen molar-refractivity contribution in [3.8, 4) is 6.07 Å². The molecule has 0 aromatic heterocycles. The maximum Gasteiger partial charge on any atom is 0.146 e. The molecule has 0 aliphatic heterocycles. The second-order valence-corrected chi connectivity index (χ2v) is 4.28. The Morgan fingerprint density at radius 1 is 1.22 bits per heavy atom. The van der Waals surface area contributed by atoms with Gasteiger partial charge in [0, 0.05) is 0 Å². The van der Waals surface area contributed by atoms with Crippen molar-refractivity contribution in [1.82, 2.24) is 0 Å². The van der Waals surface area contributed by atoms with Crippen LogP contribution in [0, 0.1) is 11.3 Å². The van der Waals surface area contributed by atoms with Gasteiger partial charge in [0.15, 0.2) is 0 Å². The SMILES string of the molecule is CCC/C(C=O)=C(\CCC)c1ccccc1C#N. The number of benzene rings is 1. The van der Waals surface area contributed by atoms with Crippen molar-refractivity contribution in [1.29, 1.82) is 5.26 Å². The standard InChI is InChI=1S/C16H19NO/c1-3-7-14(12-18)15(8-4-2)16-10-6-5-9-13(16)11-17/h5-6,9-10,12H,3-4,7-8H2,1-2H3/b15-14-. The van der Waals surface area contributed by atoms with Crippen molar-refractivity contribution in [2.24, 2.45) is 0 Å². The van der Waals surface area contributed by atoms with Crippen LogP contribution >= 0.6 is 0 Å². The zero-order valence-corrected chi connectivity index (χ0v) is 11.1. The first-order chi connectivity index (χ1) is 8.78. The lowest BCUT2D eigenvalue weighted by molar-refractivity contribution is -0.105. The molecule has 0 spiro atoms. The van der Waals surface area contributed by atoms with Gasteiger partial charge in [-0.2, -0.15) is 5.26 Å². The van der Waals surface area contributed by atoms with Gasteiger partial charge in [0.1, 0.15) is 6.29 Å². The van der Waals surface area contributed by atoms with E-state index in [4.69, 9.17) is 5.26 Å². The Hall–Kier alpha value is -1.88. The Bertz CT molecular complexity index is 480. The molecule has 0 amide bonds. The molecule has 0 atom stereocenters. The number of carbonyl (C=O) groups is 1. The normalized spacial score (nSPS) is 11.6. The van der Waals surface area contributed by atoms with E-state index in [-0.39, 0.29) is 0 Å². The van der Waals surface area contributed by atoms with Crippen molar-refractivity contribution in [2.45, 2.75) is 39.5 Å². The molecule has 18 heavy (non-hydrogen) atoms. The fraction of sp³-hybridized carbons (Fsp3) is 0.375. The van der Waals surface area contributed by atoms with E-state index in [0.29, 0.717) is 5.56 Å². The molecule has 0 fully saturated rings. The van der Waals surface area contributed by atoms with Gasteiger partial charge in [-0.15, -0.1) is 0 Å². The van der Waals surface area contributed by atoms with Crippen molar-refractivity contribution < 1.29 is 4.79 Å². The molecule has 0 aliphatic carbocycles. The lowest BCUT2D eigenvalue weighted by Gasteiger charge is -2.12. The van der Waals surface area contributed by atoms with Crippen LogP contribution in [0.5, 0.6) is 0 Å². The van der Waals surface area contributed by atoms with E-state index < -0.39 is 0 Å². The van der Waals surface area contributed by atoms with Gasteiger partial charge in [-0.05, 0) is 35.6 Å². The largest absolute Gasteiger partial charge is 0.298 e. The number of hydrogen-bond acceptors (Lipinski definition) is 2. The van der Waals surface area contributed by atoms with Crippen LogP contribution in [0.1, 0.15) is 50.7 Å². The summed E-state index contributed by atoms with van der Waals surface area (Å²) in [6, 6.07) is 9.71. The molecular formula is C16H19NO. The van der Waals surface area contributed by atoms with Crippen molar-refractivity contribution in [2.75, 3.05) is 0 Å². The van der Waals surface area contributed by atoms with Crippen LogP contribution in [0.15, 0.2) is 29.8 Å². The Balaban J connectivity index is 3.35. The topological polar surface area (TPSA) is 40.9 Å². The highest BCUT2D eigenvalue weighted by molar-refractivity contribution is 5.89. The first-order valence-corrected chi connectivity index (χ1v) is 6.45. The summed E-state index contributed by atoms with van der Waals surface area (Å²) in [6.07, 6.45) is 4.47. The minimum absolute atomic E-state index is 0.649. The van der Waals surface area contributed by atoms with Gasteiger partial charge in [-0.1, -0.05) is 44.9 Å². The molecule has 0 heterocycles. The van der Waals surface area contributed by atoms with Crippen molar-refractivity contribution in [3.05, 3.63) is 41.0 Å². The predicted molar refractivity (Wildman–Crippen MR) is 74.0 cm³/mol. The molecule has 0 aliphatic rings. The number of rotatable bonds is 6. The number of aldehydes is 1. The molecule has 0 saturated carbocycles. The van der Waals surface area contributed by atoms with Crippen molar-refractivity contribution in [3.63, 3.8) is 0 Å². The molecule has 2 heteroatoms. The number of allylic oxidation sites excluding steroid dienone is 2. The fourth-order valence-corrected chi connectivity index (χ4v) is 2.11. The zero-order chi connectivity index (χ0) is 13.4. The van der Waals surface area contributed by atoms with E-state index >= 15 is 0 Å². The summed E-state index contributed by atoms with van der Waals surface area (Å²) in [5, 5.41) is 9.16. The maximum atomic E-state index is 11.2. The van der Waals surface area contributed by atoms with Gasteiger partial charge < -0.3 is 0 Å². The third-order valence-corrected chi connectivity index (χ3v) is 2.92. The number of nitrogens with zero attached hydrogens (tertiary/aromatic N) is 1. The summed E-state index contributed by atoms with van der Waals surface area (Å²) < 4.78 is 0. The molecule has 2 nitrogen and oxygen atoms in total. The third kappa shape index (κ3) is 3.30. The molecule has 0 N–H and O–H groups in total. The molecule has 1 aromatic carbocycles. The van der Waals surface area contributed by atoms with E-state index in [1.165, 1.54) is 0 Å². The number of nitriles is 1. The van der Waals surface area contributed by atoms with Crippen LogP contribution in [0.25, 0.3) is 5.57 Å². The predicted octanol–water partition coefficient (Wildman–Crippen LogP) is 4.11. The van der Waals surface area contributed by atoms with Crippen LogP contribution in [0.2, 0.25) is 0 Å². The van der Waals surface area contributed by atoms with Crippen LogP contribution in [0.3, 0.4) is 0 Å². The summed E-state index contributed by atoms with van der Waals surface area (Å²) in [4.78, 5) is 11.2. The van der Waals surface area contributed by atoms with Crippen molar-refractivity contribution >= 4 is 11.9 Å². The van der Waals surface area contributed by atoms with E-state index in [1.807, 2.05) is 18.2 Å². The zero-order valence-electron chi connectivity index (χ0n) is 11.1. The molecule has 1 rings (SSSR count). The Morgan fingerprint density at radius 3 is 2.44 bits per heavy atom. The minimum Gasteiger partial charge on any atom is -0.298 e. The lowest BCUT2D eigenvalue weighted by atomic mass is 9.91. The Kier molecular flexibility index (Phi) is 5.87. The van der Waals surface area contributed by atoms with Gasteiger partial charge in [-0.3, -0.25) is 4.79 Å². The van der Waals surface area contributed by atoms with E-state index in [1.54, 1.807) is 6.07 Å². The van der Waals surface area contributed by atoms with Gasteiger partial charge in [-0.25, -0.2) is 0 Å². The van der Waals surface area contributed by atoms with Gasteiger partial charge in [0.2, 0.25) is 0 Å². The quantitative estimate of drug-likeness (QED) is 0.555. The Morgan fingerprint density at radius 2 is 1.89 bits per heavy atom. The highest BCUT2D eigenvalue weighted by Crippen LogP contribution is 2.27. The smallest absolute Gasteiger partial charge is 0.146 e. The first-order valence-electron chi connectivity index (χ1n) is 6.45. The van der Waals surface area contributed by atoms with E-state index in [0.717, 1.165) is 48.7 Å². The highest BCUT2D eigenvalue weighted by Gasteiger charge is 2.11. The summed E-state index contributed by atoms with van der Waals surface area (Å²) in [5.41, 5.74) is 3.43. The van der Waals surface area contributed by atoms with Crippen LogP contribution in [-0.4, -0.2) is 6.29 Å². The Labute approximate surface area is 109 Å². The minimum atomic E-state index is 0.649. The van der Waals surface area contributed by atoms with Gasteiger partial charge in [0.05, 0.1) is 11.6 Å². The molecule has 94 valence electrons. The second kappa shape index (κ2) is 7.45. The molecule has 0 unspecified atom stereocenters. The van der Waals surface area contributed by atoms with Crippen LogP contribution in [0.4, 0.5) is 0 Å². The van der Waals surface area contributed by atoms with E-state index in [2.05, 4.69) is 19.9 Å². The molecule has 0 bridgehead atoms. The molecule has 0 radical (unpaired) electrons. The second-order valence-electron chi connectivity index (χ2n) is 4.28. The molecule has 0 saturated heterocycles. The highest BCUT2D eigenvalue weighted by atomic mass is 16.1. The average Bonchev–Trinajstić information content (AvgIpc) is 2.42. The summed E-state index contributed by atoms with van der Waals surface area (Å²) in [5.74, 6) is 0. The van der Waals surface area contributed by atoms with Crippen LogP contribution < -0.4 is 0 Å². The third-order valence-electron chi connectivity index (χ3n) is 2.92. The first kappa shape index (κ1) is 14.2. The molecular weight excluding hydrogens is 222 g/mol. The molecule has 1 aromatic rings. The summed E-state index contributed by atoms with van der Waals surface area (Å²) >= 11 is 0. The monoisotopic (exact) mass is 241 g/mol. The van der Waals surface area contributed by atoms with Gasteiger partial charge >= 0.3 is 0 Å².